The quantitative estimate of drug-likeness (QED) is 0.659. The molecular weight excluding hydrogens is 365 g/mol. The van der Waals surface area contributed by atoms with Gasteiger partial charge in [0, 0.05) is 0 Å². The van der Waals surface area contributed by atoms with Crippen LogP contribution in [0.15, 0.2) is 0 Å². The fourth-order valence-electron chi connectivity index (χ4n) is 3.48. The average molecular weight is 403 g/mol. The van der Waals surface area contributed by atoms with Gasteiger partial charge in [0.1, 0.15) is 0 Å². The van der Waals surface area contributed by atoms with Crippen molar-refractivity contribution >= 4 is 20.6 Å². The van der Waals surface area contributed by atoms with Gasteiger partial charge >= 0.3 is 142 Å². The van der Waals surface area contributed by atoms with E-state index in [1.54, 1.807) is 0 Å². The Morgan fingerprint density at radius 2 is 1.19 bits per heavy atom. The van der Waals surface area contributed by atoms with Crippen molar-refractivity contribution in [3.8, 4) is 0 Å². The van der Waals surface area contributed by atoms with E-state index < -0.39 is 20.6 Å². The van der Waals surface area contributed by atoms with Crippen molar-refractivity contribution in [3.05, 3.63) is 0 Å². The van der Waals surface area contributed by atoms with Gasteiger partial charge in [-0.2, -0.15) is 0 Å². The summed E-state index contributed by atoms with van der Waals surface area (Å²) in [5.41, 5.74) is 0.807. The maximum absolute atomic E-state index is 2.90. The number of hydrogen-bond donors (Lipinski definition) is 0. The molecule has 0 unspecified atom stereocenters. The number of hydrogen-bond acceptors (Lipinski definition) is 3. The Morgan fingerprint density at radius 1 is 0.810 bits per heavy atom. The molecule has 0 amide bonds. The van der Waals surface area contributed by atoms with Crippen LogP contribution >= 0.6 is 0 Å². The van der Waals surface area contributed by atoms with Gasteiger partial charge in [-0.1, -0.05) is 0 Å². The molecule has 21 heavy (non-hydrogen) atoms. The van der Waals surface area contributed by atoms with Crippen molar-refractivity contribution in [2.24, 2.45) is 0 Å². The summed E-state index contributed by atoms with van der Waals surface area (Å²) >= 11 is -2.00. The summed E-state index contributed by atoms with van der Waals surface area (Å²) in [6.07, 6.45) is 1.84. The van der Waals surface area contributed by atoms with Crippen molar-refractivity contribution in [1.82, 2.24) is 9.36 Å². The van der Waals surface area contributed by atoms with Crippen LogP contribution in [0.4, 0.5) is 0 Å². The van der Waals surface area contributed by atoms with Crippen LogP contribution in [0, 0.1) is 0 Å². The molecule has 4 heteroatoms. The molecular formula is C17H38N3Sn. The van der Waals surface area contributed by atoms with E-state index in [0.29, 0.717) is 6.17 Å². The van der Waals surface area contributed by atoms with Crippen LogP contribution < -0.4 is 0 Å². The summed E-state index contributed by atoms with van der Waals surface area (Å²) in [4.78, 5) is 0. The third-order valence-electron chi connectivity index (χ3n) is 4.20. The second kappa shape index (κ2) is 6.29. The molecule has 1 radical (unpaired) electrons. The minimum atomic E-state index is -2.00. The summed E-state index contributed by atoms with van der Waals surface area (Å²) in [5, 5.41) is 0. The first-order chi connectivity index (χ1) is 9.26. The van der Waals surface area contributed by atoms with E-state index in [1.807, 2.05) is 0 Å². The van der Waals surface area contributed by atoms with Crippen molar-refractivity contribution in [2.75, 3.05) is 6.54 Å². The van der Waals surface area contributed by atoms with E-state index in [0.717, 1.165) is 6.54 Å². The molecule has 0 aromatic rings. The molecule has 0 aromatic carbocycles. The Kier molecular flexibility index (Phi) is 5.91. The molecule has 125 valence electrons. The zero-order valence-electron chi connectivity index (χ0n) is 16.3. The Bertz CT molecular complexity index is 327. The molecule has 1 fully saturated rings. The zero-order chi connectivity index (χ0) is 16.8. The van der Waals surface area contributed by atoms with Crippen molar-refractivity contribution in [2.45, 2.75) is 105 Å². The van der Waals surface area contributed by atoms with Crippen LogP contribution in [-0.4, -0.2) is 59.3 Å². The van der Waals surface area contributed by atoms with Gasteiger partial charge in [0.25, 0.3) is 0 Å². The van der Waals surface area contributed by atoms with Crippen LogP contribution in [0.1, 0.15) is 82.6 Å². The summed E-state index contributed by atoms with van der Waals surface area (Å²) in [5.74, 6) is 0. The van der Waals surface area contributed by atoms with Gasteiger partial charge in [-0.25, -0.2) is 0 Å². The summed E-state index contributed by atoms with van der Waals surface area (Å²) in [6.45, 7) is 27.3. The summed E-state index contributed by atoms with van der Waals surface area (Å²) < 4.78 is 8.63. The predicted molar refractivity (Wildman–Crippen MR) is 95.2 cm³/mol. The molecule has 0 N–H and O–H groups in total. The summed E-state index contributed by atoms with van der Waals surface area (Å²) in [7, 11) is 0. The molecule has 1 aliphatic rings. The van der Waals surface area contributed by atoms with Crippen molar-refractivity contribution < 1.29 is 0 Å². The molecule has 0 saturated carbocycles. The monoisotopic (exact) mass is 404 g/mol. The minimum absolute atomic E-state index is 0.259. The normalized spacial score (nSPS) is 21.1. The van der Waals surface area contributed by atoms with Crippen molar-refractivity contribution in [3.63, 3.8) is 0 Å². The van der Waals surface area contributed by atoms with E-state index in [2.05, 4.69) is 85.5 Å². The molecule has 1 heterocycles. The van der Waals surface area contributed by atoms with E-state index >= 15 is 0 Å². The second-order valence-corrected chi connectivity index (χ2v) is 15.2. The average Bonchev–Trinajstić information content (AvgIpc) is 2.16. The topological polar surface area (TPSA) is 9.72 Å². The Hall–Kier alpha value is 0.679. The molecule has 1 rings (SSSR count). The molecule has 1 aliphatic heterocycles. The van der Waals surface area contributed by atoms with Crippen LogP contribution in [0.2, 0.25) is 0 Å². The van der Waals surface area contributed by atoms with Crippen LogP contribution in [-0.2, 0) is 0 Å². The predicted octanol–water partition coefficient (Wildman–Crippen LogP) is 4.04. The van der Waals surface area contributed by atoms with Gasteiger partial charge in [-0.05, 0) is 0 Å². The van der Waals surface area contributed by atoms with Gasteiger partial charge in [-0.3, -0.25) is 0 Å². The molecule has 0 aliphatic carbocycles. The fourth-order valence-corrected chi connectivity index (χ4v) is 14.3. The molecule has 3 nitrogen and oxygen atoms in total. The maximum atomic E-state index is 2.90. The molecule has 0 bridgehead atoms. The second-order valence-electron chi connectivity index (χ2n) is 9.19. The molecule has 0 aromatic heterocycles. The first kappa shape index (κ1) is 19.7. The SMILES string of the molecule is CCC1[N](C(C)(C)C)[Sn]([N](CC)C(C)(C)C)[N]1C(C)(C)C. The molecule has 1 saturated heterocycles. The van der Waals surface area contributed by atoms with E-state index in [9.17, 15) is 0 Å². The fraction of sp³-hybridized carbons (Fsp3) is 1.00. The van der Waals surface area contributed by atoms with Gasteiger partial charge < -0.3 is 0 Å². The first-order valence-electron chi connectivity index (χ1n) is 8.50. The van der Waals surface area contributed by atoms with Gasteiger partial charge in [0.2, 0.25) is 0 Å². The Morgan fingerprint density at radius 3 is 1.38 bits per heavy atom. The molecule has 0 spiro atoms. The van der Waals surface area contributed by atoms with E-state index in [4.69, 9.17) is 0 Å². The Labute approximate surface area is 141 Å². The first-order valence-corrected chi connectivity index (χ1v) is 12.3. The van der Waals surface area contributed by atoms with E-state index in [1.165, 1.54) is 6.42 Å². The van der Waals surface area contributed by atoms with Gasteiger partial charge in [0.05, 0.1) is 0 Å². The van der Waals surface area contributed by atoms with Crippen LogP contribution in [0.5, 0.6) is 0 Å². The number of rotatable bonds is 3. The molecule has 0 atom stereocenters. The van der Waals surface area contributed by atoms with Gasteiger partial charge in [0.15, 0.2) is 0 Å². The zero-order valence-corrected chi connectivity index (χ0v) is 19.2. The number of nitrogens with zero attached hydrogens (tertiary/aromatic N) is 3. The van der Waals surface area contributed by atoms with Gasteiger partial charge in [-0.15, -0.1) is 0 Å². The third-order valence-corrected chi connectivity index (χ3v) is 16.4. The van der Waals surface area contributed by atoms with Crippen LogP contribution in [0.3, 0.4) is 0 Å². The third kappa shape index (κ3) is 3.96. The van der Waals surface area contributed by atoms with Crippen LogP contribution in [0.25, 0.3) is 0 Å². The Balaban J connectivity index is 3.26. The van der Waals surface area contributed by atoms with E-state index in [-0.39, 0.29) is 16.6 Å². The standard InChI is InChI=1S/C11H24N2.C6H14N.Sn/c1-8-9(12-10(2,3)4)13-11(5,6)7;1-5-7-6(2,3)4;/h9H,8H2,1-7H3;5H2,1-4H3;/q-2;-1;+3. The van der Waals surface area contributed by atoms with Crippen molar-refractivity contribution in [1.29, 1.82) is 0 Å². The summed E-state index contributed by atoms with van der Waals surface area (Å²) in [6, 6.07) is 0.